The number of fused-ring (bicyclic) bond motifs is 4. The van der Waals surface area contributed by atoms with Gasteiger partial charge < -0.3 is 10.1 Å². The number of halogens is 1. The highest BCUT2D eigenvalue weighted by Crippen LogP contribution is 2.44. The minimum absolute atomic E-state index is 0.0575. The molecule has 2 aromatic rings. The van der Waals surface area contributed by atoms with E-state index in [0.29, 0.717) is 18.0 Å². The van der Waals surface area contributed by atoms with E-state index < -0.39 is 5.72 Å². The lowest BCUT2D eigenvalue weighted by Gasteiger charge is -2.50. The van der Waals surface area contributed by atoms with Crippen LogP contribution in [-0.2, 0) is 6.42 Å². The Morgan fingerprint density at radius 3 is 2.88 bits per heavy atom. The van der Waals surface area contributed by atoms with Crippen LogP contribution in [0.2, 0.25) is 5.02 Å². The largest absolute Gasteiger partial charge is 0.468 e. The molecule has 4 nitrogen and oxygen atoms in total. The number of amides is 2. The van der Waals surface area contributed by atoms with Crippen molar-refractivity contribution >= 4 is 17.6 Å². The molecule has 0 unspecified atom stereocenters. The van der Waals surface area contributed by atoms with Crippen LogP contribution in [0, 0.1) is 0 Å². The highest BCUT2D eigenvalue weighted by atomic mass is 35.5. The van der Waals surface area contributed by atoms with E-state index in [1.165, 1.54) is 5.56 Å². The molecule has 0 aliphatic carbocycles. The highest BCUT2D eigenvalue weighted by Gasteiger charge is 2.48. The molecule has 24 heavy (non-hydrogen) atoms. The van der Waals surface area contributed by atoms with Gasteiger partial charge in [-0.1, -0.05) is 41.9 Å². The standard InChI is InChI=1S/C19H19ClN2O2/c1-19-12-16(15-11-14(20)7-8-17(15)24-19)21-18(23)22(19)10-9-13-5-3-2-4-6-13/h2-8,11,16H,9-10,12H2,1H3,(H,21,23)/t16-,19-/m0/s1. The van der Waals surface area contributed by atoms with Crippen LogP contribution in [0.1, 0.15) is 30.5 Å². The van der Waals surface area contributed by atoms with Gasteiger partial charge in [-0.05, 0) is 37.1 Å². The second-order valence-corrected chi connectivity index (χ2v) is 6.99. The number of carbonyl (C=O) groups is 1. The number of nitrogens with zero attached hydrogens (tertiary/aromatic N) is 1. The Labute approximate surface area is 146 Å². The molecule has 4 rings (SSSR count). The highest BCUT2D eigenvalue weighted by molar-refractivity contribution is 6.30. The molecule has 2 aliphatic heterocycles. The zero-order chi connectivity index (χ0) is 16.7. The Bertz CT molecular complexity index is 780. The van der Waals surface area contributed by atoms with Crippen molar-refractivity contribution in [3.05, 3.63) is 64.7 Å². The maximum absolute atomic E-state index is 12.6. The van der Waals surface area contributed by atoms with Crippen molar-refractivity contribution in [2.75, 3.05) is 6.54 Å². The van der Waals surface area contributed by atoms with Crippen molar-refractivity contribution in [3.8, 4) is 5.75 Å². The summed E-state index contributed by atoms with van der Waals surface area (Å²) >= 11 is 6.09. The first kappa shape index (κ1) is 15.3. The summed E-state index contributed by atoms with van der Waals surface area (Å²) in [5, 5.41) is 3.75. The van der Waals surface area contributed by atoms with Crippen LogP contribution >= 0.6 is 11.6 Å². The summed E-state index contributed by atoms with van der Waals surface area (Å²) < 4.78 is 6.22. The fourth-order valence-corrected chi connectivity index (χ4v) is 3.79. The minimum Gasteiger partial charge on any atom is -0.468 e. The maximum Gasteiger partial charge on any atom is 0.320 e. The zero-order valence-corrected chi connectivity index (χ0v) is 14.2. The molecule has 0 aromatic heterocycles. The summed E-state index contributed by atoms with van der Waals surface area (Å²) in [6.45, 7) is 2.60. The molecule has 1 N–H and O–H groups in total. The minimum atomic E-state index is -0.636. The lowest BCUT2D eigenvalue weighted by molar-refractivity contribution is -0.0832. The maximum atomic E-state index is 12.6. The topological polar surface area (TPSA) is 41.6 Å². The normalized spacial score (nSPS) is 24.8. The Balaban J connectivity index is 1.59. The Morgan fingerprint density at radius 1 is 1.29 bits per heavy atom. The Kier molecular flexibility index (Phi) is 3.65. The van der Waals surface area contributed by atoms with Gasteiger partial charge in [-0.15, -0.1) is 0 Å². The number of hydrogen-bond acceptors (Lipinski definition) is 2. The van der Waals surface area contributed by atoms with E-state index >= 15 is 0 Å². The molecule has 2 aromatic carbocycles. The lowest BCUT2D eigenvalue weighted by atomic mass is 9.90. The van der Waals surface area contributed by atoms with Gasteiger partial charge in [-0.25, -0.2) is 4.79 Å². The number of ether oxygens (including phenoxy) is 1. The molecule has 1 saturated heterocycles. The molecular weight excluding hydrogens is 324 g/mol. The number of carbonyl (C=O) groups excluding carboxylic acids is 1. The molecule has 2 amide bonds. The molecule has 2 heterocycles. The summed E-state index contributed by atoms with van der Waals surface area (Å²) in [5.74, 6) is 0.794. The van der Waals surface area contributed by atoms with Crippen molar-refractivity contribution < 1.29 is 9.53 Å². The third-order valence-corrected chi connectivity index (χ3v) is 5.08. The lowest BCUT2D eigenvalue weighted by Crippen LogP contribution is -2.65. The fraction of sp³-hybridized carbons (Fsp3) is 0.316. The summed E-state index contributed by atoms with van der Waals surface area (Å²) in [7, 11) is 0. The molecule has 124 valence electrons. The van der Waals surface area contributed by atoms with Gasteiger partial charge in [0.05, 0.1) is 6.04 Å². The van der Waals surface area contributed by atoms with E-state index in [-0.39, 0.29) is 12.1 Å². The van der Waals surface area contributed by atoms with Gasteiger partial charge in [0, 0.05) is 23.6 Å². The summed E-state index contributed by atoms with van der Waals surface area (Å²) in [6, 6.07) is 15.6. The molecule has 2 atom stereocenters. The summed E-state index contributed by atoms with van der Waals surface area (Å²) in [4.78, 5) is 14.4. The van der Waals surface area contributed by atoms with Gasteiger partial charge >= 0.3 is 6.03 Å². The quantitative estimate of drug-likeness (QED) is 0.910. The predicted octanol–water partition coefficient (Wildman–Crippen LogP) is 4.15. The average Bonchev–Trinajstić information content (AvgIpc) is 2.56. The van der Waals surface area contributed by atoms with Crippen LogP contribution in [0.25, 0.3) is 0 Å². The van der Waals surface area contributed by atoms with E-state index in [2.05, 4.69) is 17.4 Å². The Hall–Kier alpha value is -2.20. The molecule has 0 radical (unpaired) electrons. The first-order chi connectivity index (χ1) is 11.5. The second-order valence-electron chi connectivity index (χ2n) is 6.55. The molecule has 1 fully saturated rings. The zero-order valence-electron chi connectivity index (χ0n) is 13.5. The smallest absolute Gasteiger partial charge is 0.320 e. The first-order valence-corrected chi connectivity index (χ1v) is 8.53. The van der Waals surface area contributed by atoms with Crippen LogP contribution in [0.5, 0.6) is 5.75 Å². The number of hydrogen-bond donors (Lipinski definition) is 1. The van der Waals surface area contributed by atoms with E-state index in [1.54, 1.807) is 4.90 Å². The summed E-state index contributed by atoms with van der Waals surface area (Å²) in [6.07, 6.45) is 1.51. The third kappa shape index (κ3) is 2.61. The van der Waals surface area contributed by atoms with Crippen LogP contribution in [0.3, 0.4) is 0 Å². The van der Waals surface area contributed by atoms with Crippen molar-refractivity contribution in [2.24, 2.45) is 0 Å². The molecule has 0 spiro atoms. The van der Waals surface area contributed by atoms with Crippen LogP contribution in [0.4, 0.5) is 4.79 Å². The number of nitrogens with one attached hydrogen (secondary N) is 1. The monoisotopic (exact) mass is 342 g/mol. The van der Waals surface area contributed by atoms with Crippen molar-refractivity contribution in [3.63, 3.8) is 0 Å². The Morgan fingerprint density at radius 2 is 2.08 bits per heavy atom. The molecular formula is C19H19ClN2O2. The van der Waals surface area contributed by atoms with Gasteiger partial charge in [0.1, 0.15) is 5.75 Å². The van der Waals surface area contributed by atoms with Crippen molar-refractivity contribution in [1.82, 2.24) is 10.2 Å². The molecule has 2 bridgehead atoms. The van der Waals surface area contributed by atoms with Gasteiger partial charge in [0.15, 0.2) is 5.72 Å². The van der Waals surface area contributed by atoms with Gasteiger partial charge in [-0.2, -0.15) is 0 Å². The molecule has 2 aliphatic rings. The molecule has 0 saturated carbocycles. The van der Waals surface area contributed by atoms with Crippen LogP contribution in [0.15, 0.2) is 48.5 Å². The average molecular weight is 343 g/mol. The van der Waals surface area contributed by atoms with E-state index in [0.717, 1.165) is 17.7 Å². The molecule has 5 heteroatoms. The van der Waals surface area contributed by atoms with Gasteiger partial charge in [-0.3, -0.25) is 4.90 Å². The fourth-order valence-electron chi connectivity index (χ4n) is 3.61. The van der Waals surface area contributed by atoms with Crippen LogP contribution in [-0.4, -0.2) is 23.2 Å². The van der Waals surface area contributed by atoms with E-state index in [9.17, 15) is 4.79 Å². The van der Waals surface area contributed by atoms with Crippen molar-refractivity contribution in [2.45, 2.75) is 31.5 Å². The second kappa shape index (κ2) is 5.71. The first-order valence-electron chi connectivity index (χ1n) is 8.16. The van der Waals surface area contributed by atoms with E-state index in [1.807, 2.05) is 43.3 Å². The van der Waals surface area contributed by atoms with Gasteiger partial charge in [0.2, 0.25) is 0 Å². The number of urea groups is 1. The number of rotatable bonds is 3. The van der Waals surface area contributed by atoms with Gasteiger partial charge in [0.25, 0.3) is 0 Å². The predicted molar refractivity (Wildman–Crippen MR) is 93.2 cm³/mol. The SMILES string of the molecule is C[C@]12C[C@H](NC(=O)N1CCc1ccccc1)c1cc(Cl)ccc1O2. The van der Waals surface area contributed by atoms with Crippen LogP contribution < -0.4 is 10.1 Å². The van der Waals surface area contributed by atoms with Crippen molar-refractivity contribution in [1.29, 1.82) is 0 Å². The summed E-state index contributed by atoms with van der Waals surface area (Å²) in [5.41, 5.74) is 1.53. The van der Waals surface area contributed by atoms with E-state index in [4.69, 9.17) is 16.3 Å². The third-order valence-electron chi connectivity index (χ3n) is 4.84. The number of benzene rings is 2.